The van der Waals surface area contributed by atoms with Gasteiger partial charge in [0.25, 0.3) is 0 Å². The first-order valence-electron chi connectivity index (χ1n) is 11.6. The van der Waals surface area contributed by atoms with E-state index >= 15 is 0 Å². The van der Waals surface area contributed by atoms with Gasteiger partial charge in [-0.05, 0) is 57.8 Å². The van der Waals surface area contributed by atoms with Crippen molar-refractivity contribution < 1.29 is 23.8 Å². The second kappa shape index (κ2) is 9.35. The molecule has 0 aromatic rings. The summed E-state index contributed by atoms with van der Waals surface area (Å²) in [5, 5.41) is 17.2. The van der Waals surface area contributed by atoms with E-state index in [9.17, 15) is 19.1 Å². The van der Waals surface area contributed by atoms with Gasteiger partial charge in [-0.2, -0.15) is 0 Å². The van der Waals surface area contributed by atoms with Crippen molar-refractivity contribution >= 4 is 35.2 Å². The Morgan fingerprint density at radius 3 is 2.52 bits per heavy atom. The Kier molecular flexibility index (Phi) is 7.12. The average Bonchev–Trinajstić information content (AvgIpc) is 3.17. The van der Waals surface area contributed by atoms with Crippen LogP contribution in [0.3, 0.4) is 0 Å². The normalized spacial score (nSPS) is 44.8. The number of ether oxygens (including phenoxy) is 1. The average molecular weight is 477 g/mol. The number of amides is 2. The van der Waals surface area contributed by atoms with Crippen molar-refractivity contribution in [2.24, 2.45) is 0 Å². The number of hydrogen-bond acceptors (Lipinski definition) is 5. The van der Waals surface area contributed by atoms with Gasteiger partial charge in [0, 0.05) is 17.2 Å². The predicted octanol–water partition coefficient (Wildman–Crippen LogP) is 2.83. The largest absolute Gasteiger partial charge is 0.391 e. The highest BCUT2D eigenvalue weighted by atomic mass is 35.5. The van der Waals surface area contributed by atoms with Gasteiger partial charge in [-0.1, -0.05) is 6.92 Å². The second-order valence-corrected chi connectivity index (χ2v) is 12.2. The van der Waals surface area contributed by atoms with Crippen molar-refractivity contribution in [2.75, 3.05) is 6.61 Å². The minimum absolute atomic E-state index is 0.00441. The number of thioether (sulfide) groups is 1. The molecule has 3 N–H and O–H groups in total. The van der Waals surface area contributed by atoms with E-state index in [0.29, 0.717) is 37.4 Å². The molecule has 0 radical (unpaired) electrons. The minimum atomic E-state index is -1.10. The molecule has 0 aromatic carbocycles. The van der Waals surface area contributed by atoms with Crippen molar-refractivity contribution in [3.8, 4) is 0 Å². The van der Waals surface area contributed by atoms with Crippen LogP contribution < -0.4 is 10.6 Å². The number of carbonyl (C=O) groups excluding carboxylic acids is 2. The number of alkyl halides is 2. The lowest BCUT2D eigenvalue weighted by Gasteiger charge is -2.56. The van der Waals surface area contributed by atoms with Gasteiger partial charge in [0.1, 0.15) is 12.8 Å². The molecule has 0 spiro atoms. The molecule has 2 bridgehead atoms. The van der Waals surface area contributed by atoms with Crippen LogP contribution in [0, 0.1) is 0 Å². The van der Waals surface area contributed by atoms with Crippen LogP contribution in [-0.4, -0.2) is 68.9 Å². The lowest BCUT2D eigenvalue weighted by Crippen LogP contribution is -2.70. The van der Waals surface area contributed by atoms with Crippen LogP contribution in [0.15, 0.2) is 0 Å². The van der Waals surface area contributed by atoms with Crippen molar-refractivity contribution in [3.63, 3.8) is 0 Å². The zero-order valence-corrected chi connectivity index (χ0v) is 19.7. The van der Waals surface area contributed by atoms with Gasteiger partial charge in [0.15, 0.2) is 0 Å². The van der Waals surface area contributed by atoms with Gasteiger partial charge in [-0.3, -0.25) is 9.59 Å². The predicted molar refractivity (Wildman–Crippen MR) is 119 cm³/mol. The van der Waals surface area contributed by atoms with Gasteiger partial charge in [-0.15, -0.1) is 23.4 Å². The van der Waals surface area contributed by atoms with Gasteiger partial charge in [0.2, 0.25) is 11.8 Å². The first-order valence-corrected chi connectivity index (χ1v) is 12.9. The third-order valence-electron chi connectivity index (χ3n) is 7.72. The highest BCUT2D eigenvalue weighted by Crippen LogP contribution is 2.47. The number of carbonyl (C=O) groups is 2. The number of hydrogen-bond donors (Lipinski definition) is 3. The maximum absolute atomic E-state index is 13.8. The summed E-state index contributed by atoms with van der Waals surface area (Å²) in [6.07, 6.45) is 4.46. The third-order valence-corrected chi connectivity index (χ3v) is 9.69. The molecule has 0 aromatic heterocycles. The minimum Gasteiger partial charge on any atom is -0.391 e. The molecule has 1 aliphatic heterocycles. The summed E-state index contributed by atoms with van der Waals surface area (Å²) in [6.45, 7) is 2.01. The highest BCUT2D eigenvalue weighted by Gasteiger charge is 2.55. The van der Waals surface area contributed by atoms with Crippen LogP contribution in [0.4, 0.5) is 4.39 Å². The smallest absolute Gasteiger partial charge is 0.246 e. The highest BCUT2D eigenvalue weighted by molar-refractivity contribution is 8.01. The van der Waals surface area contributed by atoms with Crippen molar-refractivity contribution in [3.05, 3.63) is 0 Å². The van der Waals surface area contributed by atoms with E-state index in [1.807, 2.05) is 0 Å². The fourth-order valence-corrected chi connectivity index (χ4v) is 7.22. The number of aliphatic hydroxyl groups excluding tert-OH is 1. The molecule has 6 unspecified atom stereocenters. The van der Waals surface area contributed by atoms with Crippen LogP contribution in [0.2, 0.25) is 0 Å². The summed E-state index contributed by atoms with van der Waals surface area (Å²) >= 11 is 7.64. The third kappa shape index (κ3) is 5.17. The van der Waals surface area contributed by atoms with Gasteiger partial charge >= 0.3 is 0 Å². The van der Waals surface area contributed by atoms with Crippen LogP contribution in [0.5, 0.6) is 0 Å². The van der Waals surface area contributed by atoms with E-state index in [1.165, 1.54) is 0 Å². The topological polar surface area (TPSA) is 87.7 Å². The Bertz CT molecular complexity index is 690. The standard InChI is InChI=1S/C22H34ClFN2O4S/c1-13-2-5-17(31-13)20(29)26-21-6-8-22(9-7-21,18(27)11-21)25-19(28)12-30-14-3-4-15(23)16(24)10-14/h13-18,27H,2-12H2,1H3,(H,25,28)(H,26,29). The van der Waals surface area contributed by atoms with Gasteiger partial charge < -0.3 is 20.5 Å². The number of halogens is 2. The van der Waals surface area contributed by atoms with E-state index < -0.39 is 23.2 Å². The lowest BCUT2D eigenvalue weighted by atomic mass is 9.60. The maximum Gasteiger partial charge on any atom is 0.246 e. The number of rotatable bonds is 6. The molecular weight excluding hydrogens is 443 g/mol. The van der Waals surface area contributed by atoms with Crippen LogP contribution in [0.25, 0.3) is 0 Å². The van der Waals surface area contributed by atoms with E-state index in [4.69, 9.17) is 16.3 Å². The second-order valence-electron chi connectivity index (χ2n) is 9.98. The van der Waals surface area contributed by atoms with Gasteiger partial charge in [-0.25, -0.2) is 4.39 Å². The fraction of sp³-hybridized carbons (Fsp3) is 0.909. The molecule has 6 atom stereocenters. The Labute approximate surface area is 192 Å². The summed E-state index contributed by atoms with van der Waals surface area (Å²) in [6, 6.07) is 0. The van der Waals surface area contributed by atoms with E-state index in [1.54, 1.807) is 11.8 Å². The SMILES string of the molecule is CC1CCC(C(=O)NC23CCC(NC(=O)COC4CCC(Cl)C(F)C4)(CC2)C(O)C3)S1. The molecule has 4 saturated carbocycles. The quantitative estimate of drug-likeness (QED) is 0.513. The molecule has 6 nitrogen and oxygen atoms in total. The van der Waals surface area contributed by atoms with E-state index in [2.05, 4.69) is 17.6 Å². The molecule has 1 heterocycles. The summed E-state index contributed by atoms with van der Waals surface area (Å²) in [5.74, 6) is -0.191. The number of fused-ring (bicyclic) bond motifs is 3. The molecular formula is C22H34ClFN2O4S. The monoisotopic (exact) mass is 476 g/mol. The van der Waals surface area contributed by atoms with Crippen molar-refractivity contribution in [2.45, 2.75) is 116 Å². The zero-order chi connectivity index (χ0) is 22.2. The molecule has 4 aliphatic carbocycles. The summed E-state index contributed by atoms with van der Waals surface area (Å²) in [7, 11) is 0. The van der Waals surface area contributed by atoms with Gasteiger partial charge in [0.05, 0.1) is 28.4 Å². The van der Waals surface area contributed by atoms with Crippen LogP contribution in [0.1, 0.15) is 71.1 Å². The molecule has 5 rings (SSSR count). The molecule has 5 fully saturated rings. The first-order chi connectivity index (χ1) is 14.7. The summed E-state index contributed by atoms with van der Waals surface area (Å²) in [5.41, 5.74) is -1.04. The Morgan fingerprint density at radius 2 is 1.90 bits per heavy atom. The zero-order valence-electron chi connectivity index (χ0n) is 18.1. The molecule has 31 heavy (non-hydrogen) atoms. The molecule has 9 heteroatoms. The van der Waals surface area contributed by atoms with Crippen LogP contribution in [-0.2, 0) is 14.3 Å². The van der Waals surface area contributed by atoms with E-state index in [-0.39, 0.29) is 41.7 Å². The van der Waals surface area contributed by atoms with Crippen molar-refractivity contribution in [1.29, 1.82) is 0 Å². The summed E-state index contributed by atoms with van der Waals surface area (Å²) < 4.78 is 19.4. The Balaban J connectivity index is 1.26. The molecule has 2 amide bonds. The number of nitrogens with one attached hydrogen (secondary N) is 2. The molecule has 176 valence electrons. The molecule has 5 aliphatic rings. The Hall–Kier alpha value is -0.570. The van der Waals surface area contributed by atoms with Crippen molar-refractivity contribution in [1.82, 2.24) is 10.6 Å². The molecule has 1 saturated heterocycles. The maximum atomic E-state index is 13.8. The number of aliphatic hydroxyl groups is 1. The van der Waals surface area contributed by atoms with E-state index in [0.717, 1.165) is 25.7 Å². The summed E-state index contributed by atoms with van der Waals surface area (Å²) in [4.78, 5) is 25.3. The first kappa shape index (κ1) is 23.6. The fourth-order valence-electron chi connectivity index (χ4n) is 5.70. The lowest BCUT2D eigenvalue weighted by molar-refractivity contribution is -0.140. The van der Waals surface area contributed by atoms with Crippen LogP contribution >= 0.6 is 23.4 Å². The Morgan fingerprint density at radius 1 is 1.16 bits per heavy atom.